The number of sulfonamides is 1. The fourth-order valence-corrected chi connectivity index (χ4v) is 5.96. The van der Waals surface area contributed by atoms with E-state index in [1.807, 2.05) is 23.9 Å². The minimum Gasteiger partial charge on any atom is -0.497 e. The molecule has 0 aliphatic carbocycles. The normalized spacial score (nSPS) is 15.0. The first-order valence-electron chi connectivity index (χ1n) is 12.2. The zero-order valence-electron chi connectivity index (χ0n) is 22.7. The Hall–Kier alpha value is -2.21. The third-order valence-corrected chi connectivity index (χ3v) is 8.65. The van der Waals surface area contributed by atoms with Crippen LogP contribution in [0.2, 0.25) is 0 Å². The highest BCUT2D eigenvalue weighted by atomic mass is 32.2. The van der Waals surface area contributed by atoms with Gasteiger partial charge in [-0.3, -0.25) is 9.59 Å². The average molecular weight is 527 g/mol. The van der Waals surface area contributed by atoms with Crippen LogP contribution in [-0.4, -0.2) is 120 Å². The fourth-order valence-electron chi connectivity index (χ4n) is 4.40. The van der Waals surface area contributed by atoms with E-state index in [4.69, 9.17) is 9.47 Å². The van der Waals surface area contributed by atoms with Crippen LogP contribution in [-0.2, 0) is 24.3 Å². The molecule has 1 aromatic rings. The van der Waals surface area contributed by atoms with Crippen molar-refractivity contribution in [1.29, 1.82) is 0 Å². The molecule has 0 bridgehead atoms. The number of benzene rings is 1. The summed E-state index contributed by atoms with van der Waals surface area (Å²) in [6, 6.07) is 3.40. The van der Waals surface area contributed by atoms with Crippen molar-refractivity contribution in [2.75, 3.05) is 81.2 Å². The maximum absolute atomic E-state index is 13.1. The number of rotatable bonds is 12. The highest BCUT2D eigenvalue weighted by molar-refractivity contribution is 7.89. The molecule has 1 saturated heterocycles. The van der Waals surface area contributed by atoms with Crippen LogP contribution < -0.4 is 4.74 Å². The molecule has 1 aliphatic heterocycles. The van der Waals surface area contributed by atoms with Gasteiger partial charge in [0.2, 0.25) is 21.8 Å². The van der Waals surface area contributed by atoms with Crippen LogP contribution in [0.5, 0.6) is 5.75 Å². The van der Waals surface area contributed by atoms with E-state index in [0.29, 0.717) is 49.0 Å². The van der Waals surface area contributed by atoms with Gasteiger partial charge in [-0.1, -0.05) is 0 Å². The van der Waals surface area contributed by atoms with Crippen molar-refractivity contribution in [2.45, 2.75) is 31.6 Å². The molecule has 0 saturated carbocycles. The lowest BCUT2D eigenvalue weighted by Gasteiger charge is -2.34. The Balaban J connectivity index is 1.76. The summed E-state index contributed by atoms with van der Waals surface area (Å²) < 4.78 is 38.1. The molecule has 36 heavy (non-hydrogen) atoms. The second kappa shape index (κ2) is 13.4. The number of hydrogen-bond acceptors (Lipinski definition) is 7. The lowest BCUT2D eigenvalue weighted by atomic mass is 9.96. The Morgan fingerprint density at radius 3 is 2.17 bits per heavy atom. The Kier molecular flexibility index (Phi) is 11.1. The smallest absolute Gasteiger partial charge is 0.248 e. The van der Waals surface area contributed by atoms with Crippen LogP contribution >= 0.6 is 0 Å². The summed E-state index contributed by atoms with van der Waals surface area (Å²) in [5, 5.41) is 0. The van der Waals surface area contributed by atoms with Crippen LogP contribution in [0, 0.1) is 19.8 Å². The molecule has 0 radical (unpaired) electrons. The molecule has 1 heterocycles. The van der Waals surface area contributed by atoms with E-state index in [2.05, 4.69) is 0 Å². The molecule has 1 aliphatic rings. The molecular formula is C25H42N4O6S. The number of methoxy groups -OCH3 is 1. The Labute approximate surface area is 216 Å². The van der Waals surface area contributed by atoms with Crippen LogP contribution in [0.25, 0.3) is 0 Å². The van der Waals surface area contributed by atoms with Gasteiger partial charge in [0.15, 0.2) is 0 Å². The highest BCUT2D eigenvalue weighted by Gasteiger charge is 2.26. The molecule has 11 heteroatoms. The quantitative estimate of drug-likeness (QED) is 0.378. The molecule has 0 atom stereocenters. The lowest BCUT2D eigenvalue weighted by molar-refractivity contribution is -0.137. The minimum atomic E-state index is -3.71. The van der Waals surface area contributed by atoms with Gasteiger partial charge in [-0.2, -0.15) is 4.31 Å². The zero-order chi connectivity index (χ0) is 27.0. The number of ether oxygens (including phenoxy) is 2. The molecule has 204 valence electrons. The molecule has 0 spiro atoms. The van der Waals surface area contributed by atoms with Crippen molar-refractivity contribution in [3.8, 4) is 5.75 Å². The van der Waals surface area contributed by atoms with E-state index in [1.54, 1.807) is 45.0 Å². The number of carbonyl (C=O) groups is 2. The second-order valence-electron chi connectivity index (χ2n) is 9.81. The third-order valence-electron chi connectivity index (χ3n) is 6.49. The number of nitrogens with zero attached hydrogens (tertiary/aromatic N) is 4. The first-order valence-corrected chi connectivity index (χ1v) is 13.7. The van der Waals surface area contributed by atoms with Gasteiger partial charge in [0, 0.05) is 40.3 Å². The highest BCUT2D eigenvalue weighted by Crippen LogP contribution is 2.27. The van der Waals surface area contributed by atoms with Crippen molar-refractivity contribution in [3.63, 3.8) is 0 Å². The number of carbonyl (C=O) groups excluding carboxylic acids is 2. The van der Waals surface area contributed by atoms with Gasteiger partial charge in [-0.05, 0) is 70.0 Å². The third kappa shape index (κ3) is 8.16. The molecule has 1 aromatic carbocycles. The van der Waals surface area contributed by atoms with Crippen molar-refractivity contribution >= 4 is 21.8 Å². The second-order valence-corrected chi connectivity index (χ2v) is 11.8. The van der Waals surface area contributed by atoms with Crippen molar-refractivity contribution < 1.29 is 27.5 Å². The maximum Gasteiger partial charge on any atom is 0.248 e. The van der Waals surface area contributed by atoms with E-state index >= 15 is 0 Å². The maximum atomic E-state index is 13.1. The molecule has 0 aromatic heterocycles. The molecule has 2 amide bonds. The van der Waals surface area contributed by atoms with Gasteiger partial charge >= 0.3 is 0 Å². The molecule has 1 fully saturated rings. The van der Waals surface area contributed by atoms with Crippen molar-refractivity contribution in [2.24, 2.45) is 5.92 Å². The monoisotopic (exact) mass is 526 g/mol. The fraction of sp³-hybridized carbons (Fsp3) is 0.680. The van der Waals surface area contributed by atoms with Crippen LogP contribution in [0.4, 0.5) is 0 Å². The van der Waals surface area contributed by atoms with E-state index in [-0.39, 0.29) is 36.5 Å². The molecule has 10 nitrogen and oxygen atoms in total. The summed E-state index contributed by atoms with van der Waals surface area (Å²) in [5.41, 5.74) is 1.23. The number of piperidine rings is 1. The summed E-state index contributed by atoms with van der Waals surface area (Å²) in [7, 11) is 4.86. The number of likely N-dealkylation sites (tertiary alicyclic amines) is 1. The molecule has 0 N–H and O–H groups in total. The Morgan fingerprint density at radius 1 is 1.06 bits per heavy atom. The summed E-state index contributed by atoms with van der Waals surface area (Å²) in [6.45, 7) is 6.07. The van der Waals surface area contributed by atoms with Gasteiger partial charge in [0.1, 0.15) is 12.4 Å². The summed E-state index contributed by atoms with van der Waals surface area (Å²) >= 11 is 0. The van der Waals surface area contributed by atoms with Gasteiger partial charge in [-0.25, -0.2) is 8.42 Å². The Morgan fingerprint density at radius 2 is 1.64 bits per heavy atom. The van der Waals surface area contributed by atoms with Gasteiger partial charge in [0.05, 0.1) is 25.2 Å². The van der Waals surface area contributed by atoms with E-state index in [9.17, 15) is 18.0 Å². The topological polar surface area (TPSA) is 99.7 Å². The largest absolute Gasteiger partial charge is 0.497 e. The van der Waals surface area contributed by atoms with Crippen molar-refractivity contribution in [1.82, 2.24) is 19.0 Å². The van der Waals surface area contributed by atoms with Crippen LogP contribution in [0.3, 0.4) is 0 Å². The molecule has 2 rings (SSSR count). The number of likely N-dealkylation sites (N-methyl/N-ethyl adjacent to an activating group) is 3. The SMILES string of the molecule is COc1cc(C)c(S(=O)(=O)N(C)CCOCC(=O)N(C)CC2CCN(C(=O)CN(C)C)CC2)c(C)c1. The number of aryl methyl sites for hydroxylation is 2. The van der Waals surface area contributed by atoms with E-state index < -0.39 is 10.0 Å². The zero-order valence-corrected chi connectivity index (χ0v) is 23.6. The Bertz CT molecular complexity index is 983. The minimum absolute atomic E-state index is 0.106. The lowest BCUT2D eigenvalue weighted by Crippen LogP contribution is -2.45. The molecule has 0 unspecified atom stereocenters. The predicted molar refractivity (Wildman–Crippen MR) is 139 cm³/mol. The van der Waals surface area contributed by atoms with Gasteiger partial charge in [-0.15, -0.1) is 0 Å². The first kappa shape index (κ1) is 30.0. The summed E-state index contributed by atoms with van der Waals surface area (Å²) in [4.78, 5) is 30.4. The van der Waals surface area contributed by atoms with Crippen molar-refractivity contribution in [3.05, 3.63) is 23.3 Å². The first-order chi connectivity index (χ1) is 16.9. The number of amides is 2. The van der Waals surface area contributed by atoms with Gasteiger partial charge < -0.3 is 24.2 Å². The average Bonchev–Trinajstić information content (AvgIpc) is 2.80. The van der Waals surface area contributed by atoms with E-state index in [1.165, 1.54) is 11.4 Å². The standard InChI is InChI=1S/C25H42N4O6S/c1-19-14-22(34-7)15-20(2)25(19)36(32,33)28(6)12-13-35-18-24(31)27(5)16-21-8-10-29(11-9-21)23(30)17-26(3)4/h14-15,21H,8-13,16-18H2,1-7H3. The van der Waals surface area contributed by atoms with E-state index in [0.717, 1.165) is 12.8 Å². The predicted octanol–water partition coefficient (Wildman–Crippen LogP) is 1.21. The summed E-state index contributed by atoms with van der Waals surface area (Å²) in [6.07, 6.45) is 1.73. The molecular weight excluding hydrogens is 484 g/mol. The van der Waals surface area contributed by atoms with Gasteiger partial charge in [0.25, 0.3) is 0 Å². The van der Waals surface area contributed by atoms with Crippen LogP contribution in [0.15, 0.2) is 17.0 Å². The van der Waals surface area contributed by atoms with Crippen LogP contribution in [0.1, 0.15) is 24.0 Å². The number of hydrogen-bond donors (Lipinski definition) is 0. The summed E-state index contributed by atoms with van der Waals surface area (Å²) in [5.74, 6) is 0.949.